The van der Waals surface area contributed by atoms with Crippen molar-refractivity contribution in [3.05, 3.63) is 34.8 Å². The van der Waals surface area contributed by atoms with Gasteiger partial charge >= 0.3 is 0 Å². The van der Waals surface area contributed by atoms with Crippen molar-refractivity contribution < 1.29 is 9.53 Å². The van der Waals surface area contributed by atoms with Crippen molar-refractivity contribution in [2.75, 3.05) is 19.0 Å². The molecule has 0 saturated carbocycles. The first kappa shape index (κ1) is 17.2. The van der Waals surface area contributed by atoms with Crippen molar-refractivity contribution in [3.8, 4) is 16.3 Å². The van der Waals surface area contributed by atoms with Gasteiger partial charge in [0.05, 0.1) is 12.3 Å². The van der Waals surface area contributed by atoms with E-state index < -0.39 is 0 Å². The number of aromatic nitrogens is 1. The molecule has 1 amide bonds. The van der Waals surface area contributed by atoms with Crippen LogP contribution in [-0.4, -0.2) is 29.9 Å². The molecule has 1 aromatic carbocycles. The van der Waals surface area contributed by atoms with E-state index in [1.165, 1.54) is 4.88 Å². The number of hydrogen-bond donors (Lipinski definition) is 1. The number of nitrogens with one attached hydrogen (secondary N) is 1. The maximum Gasteiger partial charge on any atom is 0.223 e. The van der Waals surface area contributed by atoms with E-state index in [2.05, 4.69) is 10.3 Å². The van der Waals surface area contributed by atoms with Crippen LogP contribution in [0, 0.1) is 12.8 Å². The van der Waals surface area contributed by atoms with Gasteiger partial charge in [0.15, 0.2) is 0 Å². The molecule has 0 spiro atoms. The Morgan fingerprint density at radius 3 is 2.83 bits per heavy atom. The molecule has 128 valence electrons. The minimum absolute atomic E-state index is 0.0923. The number of benzene rings is 1. The quantitative estimate of drug-likeness (QED) is 0.600. The van der Waals surface area contributed by atoms with Crippen LogP contribution in [0.25, 0.3) is 10.6 Å². The average molecular weight is 365 g/mol. The number of nitrogens with zero attached hydrogens (tertiary/aromatic N) is 1. The van der Waals surface area contributed by atoms with E-state index in [1.54, 1.807) is 11.3 Å². The zero-order valence-electron chi connectivity index (χ0n) is 13.7. The van der Waals surface area contributed by atoms with Crippen LogP contribution in [0.3, 0.4) is 0 Å². The van der Waals surface area contributed by atoms with E-state index in [4.69, 9.17) is 16.3 Å². The summed E-state index contributed by atoms with van der Waals surface area (Å²) in [6.45, 7) is 3.44. The van der Waals surface area contributed by atoms with Crippen LogP contribution < -0.4 is 10.1 Å². The number of carbonyl (C=O) groups is 1. The van der Waals surface area contributed by atoms with Gasteiger partial charge in [0.2, 0.25) is 5.91 Å². The Morgan fingerprint density at radius 1 is 1.38 bits per heavy atom. The molecule has 0 aliphatic carbocycles. The number of carbonyl (C=O) groups excluding carboxylic acids is 1. The summed E-state index contributed by atoms with van der Waals surface area (Å²) in [6, 6.07) is 7.98. The molecule has 6 heteroatoms. The number of amides is 1. The van der Waals surface area contributed by atoms with Crippen LogP contribution in [0.1, 0.15) is 23.4 Å². The number of hydrogen-bond acceptors (Lipinski definition) is 4. The van der Waals surface area contributed by atoms with Crippen LogP contribution in [0.5, 0.6) is 5.75 Å². The van der Waals surface area contributed by atoms with Crippen LogP contribution in [-0.2, 0) is 11.2 Å². The fourth-order valence-corrected chi connectivity index (χ4v) is 4.00. The van der Waals surface area contributed by atoms with Gasteiger partial charge in [-0.3, -0.25) is 4.79 Å². The lowest BCUT2D eigenvalue weighted by atomic mass is 10.0. The maximum atomic E-state index is 11.8. The van der Waals surface area contributed by atoms with Crippen molar-refractivity contribution >= 4 is 28.8 Å². The highest BCUT2D eigenvalue weighted by Gasteiger charge is 2.26. The summed E-state index contributed by atoms with van der Waals surface area (Å²) in [7, 11) is 0. The lowest BCUT2D eigenvalue weighted by Crippen LogP contribution is -2.20. The number of thiazole rings is 1. The first-order valence-electron chi connectivity index (χ1n) is 8.20. The predicted molar refractivity (Wildman–Crippen MR) is 97.9 cm³/mol. The summed E-state index contributed by atoms with van der Waals surface area (Å²) in [5.41, 5.74) is 2.10. The van der Waals surface area contributed by atoms with Crippen LogP contribution in [0.15, 0.2) is 24.3 Å². The molecule has 1 aliphatic heterocycles. The lowest BCUT2D eigenvalue weighted by molar-refractivity contribution is -0.122. The zero-order chi connectivity index (χ0) is 16.9. The molecule has 0 radical (unpaired) electrons. The molecule has 1 atom stereocenters. The van der Waals surface area contributed by atoms with E-state index in [1.807, 2.05) is 31.2 Å². The molecule has 4 nitrogen and oxygen atoms in total. The Balaban J connectivity index is 1.68. The van der Waals surface area contributed by atoms with Crippen LogP contribution in [0.4, 0.5) is 0 Å². The average Bonchev–Trinajstić information content (AvgIpc) is 3.15. The van der Waals surface area contributed by atoms with Gasteiger partial charge < -0.3 is 10.1 Å². The Kier molecular flexibility index (Phi) is 5.74. The second-order valence-electron chi connectivity index (χ2n) is 5.92. The molecule has 1 N–H and O–H groups in total. The third-order valence-electron chi connectivity index (χ3n) is 4.14. The minimum atomic E-state index is 0.0923. The zero-order valence-corrected chi connectivity index (χ0v) is 15.3. The van der Waals surface area contributed by atoms with Gasteiger partial charge in [0, 0.05) is 28.8 Å². The van der Waals surface area contributed by atoms with Gasteiger partial charge in [-0.05, 0) is 50.5 Å². The normalized spacial score (nSPS) is 17.1. The Bertz CT molecular complexity index is 700. The number of ether oxygens (including phenoxy) is 1. The molecule has 3 rings (SSSR count). The summed E-state index contributed by atoms with van der Waals surface area (Å²) in [4.78, 5) is 17.6. The molecule has 2 aromatic rings. The van der Waals surface area contributed by atoms with Gasteiger partial charge in [-0.1, -0.05) is 0 Å². The summed E-state index contributed by atoms with van der Waals surface area (Å²) >= 11 is 7.33. The number of halogens is 1. The second-order valence-corrected chi connectivity index (χ2v) is 7.39. The topological polar surface area (TPSA) is 51.2 Å². The Labute approximate surface area is 151 Å². The molecule has 1 aliphatic rings. The van der Waals surface area contributed by atoms with Crippen molar-refractivity contribution in [2.24, 2.45) is 5.92 Å². The molecule has 0 bridgehead atoms. The third-order valence-corrected chi connectivity index (χ3v) is 5.63. The Hall–Kier alpha value is -1.59. The summed E-state index contributed by atoms with van der Waals surface area (Å²) in [5.74, 6) is 1.72. The van der Waals surface area contributed by atoms with E-state index in [0.717, 1.165) is 47.8 Å². The minimum Gasteiger partial charge on any atom is -0.494 e. The standard InChI is InChI=1S/C18H21ClN2O2S/c1-12-16(11-14-7-9-20-17(14)22)24-18(21-12)13-3-5-15(6-4-13)23-10-2-8-19/h3-6,14H,2,7-11H2,1H3,(H,20,22). The molecule has 1 saturated heterocycles. The first-order chi connectivity index (χ1) is 11.7. The molecule has 2 heterocycles. The maximum absolute atomic E-state index is 11.8. The number of alkyl halides is 1. The van der Waals surface area contributed by atoms with Gasteiger partial charge in [-0.2, -0.15) is 0 Å². The Morgan fingerprint density at radius 2 is 2.17 bits per heavy atom. The van der Waals surface area contributed by atoms with Crippen molar-refractivity contribution in [1.82, 2.24) is 10.3 Å². The molecular formula is C18H21ClN2O2S. The second kappa shape index (κ2) is 7.99. The van der Waals surface area contributed by atoms with Crippen LogP contribution in [0.2, 0.25) is 0 Å². The SMILES string of the molecule is Cc1nc(-c2ccc(OCCCCl)cc2)sc1CC1CCNC1=O. The van der Waals surface area contributed by atoms with Gasteiger partial charge in [-0.25, -0.2) is 4.98 Å². The third kappa shape index (κ3) is 4.08. The summed E-state index contributed by atoms with van der Waals surface area (Å²) in [5, 5.41) is 3.89. The first-order valence-corrected chi connectivity index (χ1v) is 9.55. The van der Waals surface area contributed by atoms with E-state index in [9.17, 15) is 4.79 Å². The molecule has 1 unspecified atom stereocenters. The van der Waals surface area contributed by atoms with E-state index in [-0.39, 0.29) is 11.8 Å². The monoisotopic (exact) mass is 364 g/mol. The molecular weight excluding hydrogens is 344 g/mol. The molecule has 24 heavy (non-hydrogen) atoms. The lowest BCUT2D eigenvalue weighted by Gasteiger charge is -2.05. The van der Waals surface area contributed by atoms with Gasteiger partial charge in [0.1, 0.15) is 10.8 Å². The summed E-state index contributed by atoms with van der Waals surface area (Å²) < 4.78 is 5.62. The highest BCUT2D eigenvalue weighted by Crippen LogP contribution is 2.31. The van der Waals surface area contributed by atoms with Gasteiger partial charge in [0.25, 0.3) is 0 Å². The largest absolute Gasteiger partial charge is 0.494 e. The molecule has 1 fully saturated rings. The number of rotatable bonds is 7. The van der Waals surface area contributed by atoms with E-state index >= 15 is 0 Å². The van der Waals surface area contributed by atoms with E-state index in [0.29, 0.717) is 12.5 Å². The predicted octanol–water partition coefficient (Wildman–Crippen LogP) is 3.80. The highest BCUT2D eigenvalue weighted by atomic mass is 35.5. The smallest absolute Gasteiger partial charge is 0.223 e. The number of aryl methyl sites for hydroxylation is 1. The summed E-state index contributed by atoms with van der Waals surface area (Å²) in [6.07, 6.45) is 2.54. The van der Waals surface area contributed by atoms with Crippen molar-refractivity contribution in [3.63, 3.8) is 0 Å². The molecule has 1 aromatic heterocycles. The van der Waals surface area contributed by atoms with Crippen molar-refractivity contribution in [1.29, 1.82) is 0 Å². The fraction of sp³-hybridized carbons (Fsp3) is 0.444. The fourth-order valence-electron chi connectivity index (χ4n) is 2.74. The van der Waals surface area contributed by atoms with Crippen molar-refractivity contribution in [2.45, 2.75) is 26.2 Å². The van der Waals surface area contributed by atoms with Gasteiger partial charge in [-0.15, -0.1) is 22.9 Å². The van der Waals surface area contributed by atoms with Crippen LogP contribution >= 0.6 is 22.9 Å². The highest BCUT2D eigenvalue weighted by molar-refractivity contribution is 7.15.